The van der Waals surface area contributed by atoms with E-state index in [2.05, 4.69) is 20.4 Å². The van der Waals surface area contributed by atoms with Gasteiger partial charge in [-0.1, -0.05) is 6.07 Å². The molecule has 2 aliphatic rings. The van der Waals surface area contributed by atoms with Crippen LogP contribution in [0.2, 0.25) is 0 Å². The van der Waals surface area contributed by atoms with Crippen molar-refractivity contribution in [1.82, 2.24) is 10.2 Å². The highest BCUT2D eigenvalue weighted by molar-refractivity contribution is 5.89. The highest BCUT2D eigenvalue weighted by atomic mass is 35.5. The van der Waals surface area contributed by atoms with Crippen molar-refractivity contribution in [1.29, 1.82) is 0 Å². The molecule has 2 heterocycles. The first-order valence-corrected chi connectivity index (χ1v) is 11.4. The monoisotopic (exact) mass is 546 g/mol. The first-order valence-electron chi connectivity index (χ1n) is 11.4. The Labute approximate surface area is 222 Å². The van der Waals surface area contributed by atoms with Gasteiger partial charge in [-0.2, -0.15) is 0 Å². The summed E-state index contributed by atoms with van der Waals surface area (Å²) in [5.41, 5.74) is 1.54. The number of carbonyl (C=O) groups is 1. The highest BCUT2D eigenvalue weighted by Gasteiger charge is 2.46. The molecule has 0 aliphatic carbocycles. The molecular weight excluding hydrogens is 514 g/mol. The molecule has 0 saturated carbocycles. The molecule has 0 radical (unpaired) electrons. The highest BCUT2D eigenvalue weighted by Crippen LogP contribution is 2.28. The Hall–Kier alpha value is -2.34. The summed E-state index contributed by atoms with van der Waals surface area (Å²) >= 11 is 0. The molecule has 2 aliphatic heterocycles. The van der Waals surface area contributed by atoms with E-state index in [1.54, 1.807) is 43.5 Å². The molecule has 2 aromatic rings. The van der Waals surface area contributed by atoms with Crippen molar-refractivity contribution >= 4 is 42.2 Å². The van der Waals surface area contributed by atoms with Gasteiger partial charge in [0.1, 0.15) is 23.8 Å². The summed E-state index contributed by atoms with van der Waals surface area (Å²) in [7, 11) is 1.55. The maximum absolute atomic E-state index is 13.2. The minimum Gasteiger partial charge on any atom is -0.497 e. The number of ether oxygens (including phenoxy) is 2. The Kier molecular flexibility index (Phi) is 11.5. The number of amides is 2. The van der Waals surface area contributed by atoms with Crippen molar-refractivity contribution in [2.24, 2.45) is 0 Å². The van der Waals surface area contributed by atoms with E-state index in [0.717, 1.165) is 5.69 Å². The second kappa shape index (κ2) is 13.8. The van der Waals surface area contributed by atoms with Gasteiger partial charge in [0, 0.05) is 50.2 Å². The maximum Gasteiger partial charge on any atom is 0.319 e. The van der Waals surface area contributed by atoms with Crippen LogP contribution in [0.5, 0.6) is 5.75 Å². The SMILES string of the molecule is COc1cccc(NC(=O)NC[C@H]2O[C@@H](CO)[C@@H](O)[C@H]2N2CCN(c3ccc(F)cc3)CC2)c1.Cl.Cl. The zero-order valence-electron chi connectivity index (χ0n) is 19.9. The summed E-state index contributed by atoms with van der Waals surface area (Å²) in [5, 5.41) is 26.0. The van der Waals surface area contributed by atoms with E-state index in [0.29, 0.717) is 37.6 Å². The van der Waals surface area contributed by atoms with Crippen molar-refractivity contribution in [3.63, 3.8) is 0 Å². The lowest BCUT2D eigenvalue weighted by Gasteiger charge is -2.41. The van der Waals surface area contributed by atoms with Crippen molar-refractivity contribution in [3.8, 4) is 5.75 Å². The molecule has 0 spiro atoms. The van der Waals surface area contributed by atoms with Gasteiger partial charge in [0.15, 0.2) is 0 Å². The van der Waals surface area contributed by atoms with Crippen LogP contribution in [-0.4, -0.2) is 91.9 Å². The Morgan fingerprint density at radius 3 is 2.44 bits per heavy atom. The zero-order valence-corrected chi connectivity index (χ0v) is 21.5. The predicted molar refractivity (Wildman–Crippen MR) is 140 cm³/mol. The third kappa shape index (κ3) is 7.12. The second-order valence-electron chi connectivity index (χ2n) is 8.44. The Morgan fingerprint density at radius 1 is 1.11 bits per heavy atom. The third-order valence-corrected chi connectivity index (χ3v) is 6.36. The normalized spacial score (nSPS) is 23.8. The summed E-state index contributed by atoms with van der Waals surface area (Å²) in [6.45, 7) is 2.59. The summed E-state index contributed by atoms with van der Waals surface area (Å²) in [6.07, 6.45) is -2.08. The van der Waals surface area contributed by atoms with Crippen LogP contribution in [0.25, 0.3) is 0 Å². The molecule has 9 nitrogen and oxygen atoms in total. The number of aliphatic hydroxyl groups is 2. The van der Waals surface area contributed by atoms with Gasteiger partial charge in [-0.05, 0) is 36.4 Å². The average Bonchev–Trinajstić information content (AvgIpc) is 3.18. The lowest BCUT2D eigenvalue weighted by Crippen LogP contribution is -2.57. The molecule has 0 unspecified atom stereocenters. The number of urea groups is 1. The fourth-order valence-electron chi connectivity index (χ4n) is 4.60. The van der Waals surface area contributed by atoms with Gasteiger partial charge in [0.25, 0.3) is 0 Å². The molecule has 200 valence electrons. The molecule has 0 aromatic heterocycles. The van der Waals surface area contributed by atoms with Crippen LogP contribution in [0.3, 0.4) is 0 Å². The molecule has 0 bridgehead atoms. The van der Waals surface area contributed by atoms with Gasteiger partial charge in [-0.3, -0.25) is 4.90 Å². The van der Waals surface area contributed by atoms with Gasteiger partial charge in [0.2, 0.25) is 0 Å². The number of methoxy groups -OCH3 is 1. The topological polar surface area (TPSA) is 107 Å². The van der Waals surface area contributed by atoms with Gasteiger partial charge in [-0.15, -0.1) is 24.8 Å². The maximum atomic E-state index is 13.2. The van der Waals surface area contributed by atoms with Crippen molar-refractivity contribution in [3.05, 3.63) is 54.3 Å². The quantitative estimate of drug-likeness (QED) is 0.421. The fourth-order valence-corrected chi connectivity index (χ4v) is 4.60. The van der Waals surface area contributed by atoms with Crippen LogP contribution in [0.15, 0.2) is 48.5 Å². The van der Waals surface area contributed by atoms with E-state index in [4.69, 9.17) is 9.47 Å². The number of hydrogen-bond acceptors (Lipinski definition) is 7. The minimum absolute atomic E-state index is 0. The van der Waals surface area contributed by atoms with E-state index in [1.165, 1.54) is 12.1 Å². The van der Waals surface area contributed by atoms with Gasteiger partial charge in [-0.25, -0.2) is 9.18 Å². The molecular formula is C24H33Cl2FN4O5. The van der Waals surface area contributed by atoms with Crippen molar-refractivity contribution < 1.29 is 28.9 Å². The lowest BCUT2D eigenvalue weighted by molar-refractivity contribution is -0.0205. The van der Waals surface area contributed by atoms with Crippen LogP contribution in [-0.2, 0) is 4.74 Å². The Balaban J connectivity index is 0.00000228. The van der Waals surface area contributed by atoms with E-state index in [9.17, 15) is 19.4 Å². The molecule has 12 heteroatoms. The van der Waals surface area contributed by atoms with E-state index >= 15 is 0 Å². The van der Waals surface area contributed by atoms with Crippen LogP contribution in [0.4, 0.5) is 20.6 Å². The zero-order chi connectivity index (χ0) is 24.1. The number of carbonyl (C=O) groups excluding carboxylic acids is 1. The van der Waals surface area contributed by atoms with Crippen molar-refractivity contribution in [2.45, 2.75) is 24.4 Å². The number of halogens is 3. The number of aliphatic hydroxyl groups excluding tert-OH is 2. The van der Waals surface area contributed by atoms with E-state index in [1.807, 2.05) is 0 Å². The van der Waals surface area contributed by atoms with Gasteiger partial charge < -0.3 is 35.2 Å². The largest absolute Gasteiger partial charge is 0.497 e. The van der Waals surface area contributed by atoms with Crippen molar-refractivity contribution in [2.75, 3.05) is 56.7 Å². The molecule has 2 fully saturated rings. The summed E-state index contributed by atoms with van der Waals surface area (Å²) in [6, 6.07) is 12.7. The standard InChI is InChI=1S/C24H31FN4O5.2ClH/c1-33-19-4-2-3-17(13-19)27-24(32)26-14-20-22(23(31)21(15-30)34-20)29-11-9-28(10-12-29)18-7-5-16(25)6-8-18;;/h2-8,13,20-23,30-31H,9-12,14-15H2,1H3,(H2,26,27,32);2*1H/t20-,21+,22+,23-;;/m1../s1. The van der Waals surface area contributed by atoms with E-state index < -0.39 is 24.3 Å². The molecule has 2 amide bonds. The van der Waals surface area contributed by atoms with Crippen LogP contribution >= 0.6 is 24.8 Å². The fraction of sp³-hybridized carbons (Fsp3) is 0.458. The van der Waals surface area contributed by atoms with Crippen LogP contribution < -0.4 is 20.3 Å². The number of piperazine rings is 1. The minimum atomic E-state index is -0.879. The summed E-state index contributed by atoms with van der Waals surface area (Å²) in [5.74, 6) is 0.361. The number of benzene rings is 2. The summed E-state index contributed by atoms with van der Waals surface area (Å²) < 4.78 is 24.3. The molecule has 2 aromatic carbocycles. The van der Waals surface area contributed by atoms with Crippen LogP contribution in [0.1, 0.15) is 0 Å². The summed E-state index contributed by atoms with van der Waals surface area (Å²) in [4.78, 5) is 16.7. The van der Waals surface area contributed by atoms with Gasteiger partial charge in [0.05, 0.1) is 25.9 Å². The third-order valence-electron chi connectivity index (χ3n) is 6.36. The number of nitrogens with zero attached hydrogens (tertiary/aromatic N) is 2. The second-order valence-corrected chi connectivity index (χ2v) is 8.44. The molecule has 36 heavy (non-hydrogen) atoms. The molecule has 4 atom stereocenters. The van der Waals surface area contributed by atoms with Gasteiger partial charge >= 0.3 is 6.03 Å². The smallest absolute Gasteiger partial charge is 0.319 e. The van der Waals surface area contributed by atoms with Crippen LogP contribution in [0, 0.1) is 5.82 Å². The predicted octanol–water partition coefficient (Wildman–Crippen LogP) is 2.11. The number of hydrogen-bond donors (Lipinski definition) is 4. The number of rotatable bonds is 7. The molecule has 4 rings (SSSR count). The Bertz CT molecular complexity index is 966. The lowest BCUT2D eigenvalue weighted by atomic mass is 10.0. The Morgan fingerprint density at radius 2 is 1.81 bits per heavy atom. The average molecular weight is 547 g/mol. The first kappa shape index (κ1) is 29.9. The molecule has 2 saturated heterocycles. The van der Waals surface area contributed by atoms with E-state index in [-0.39, 0.29) is 49.8 Å². The number of nitrogens with one attached hydrogen (secondary N) is 2. The molecule has 4 N–H and O–H groups in total. The number of anilines is 2. The first-order chi connectivity index (χ1) is 16.5.